The number of aliphatic hydroxyl groups is 1. The molecule has 19 heavy (non-hydrogen) atoms. The highest BCUT2D eigenvalue weighted by Gasteiger charge is 2.57. The zero-order chi connectivity index (χ0) is 14.7. The van der Waals surface area contributed by atoms with E-state index in [-0.39, 0.29) is 4.88 Å². The molecule has 0 bridgehead atoms. The second-order valence-corrected chi connectivity index (χ2v) is 4.73. The standard InChI is InChI=1S/C11H13F3O4S/c1-17-9(18-2)7(15)6-10(16,11(12,13)14)8-4-3-5-19-8/h3-5,9,16H,6H2,1-2H3/t10-/m1/s1. The molecule has 0 spiro atoms. The lowest BCUT2D eigenvalue weighted by atomic mass is 9.94. The van der Waals surface area contributed by atoms with Crippen LogP contribution < -0.4 is 0 Å². The second-order valence-electron chi connectivity index (χ2n) is 3.78. The third-order valence-electron chi connectivity index (χ3n) is 2.52. The van der Waals surface area contributed by atoms with Crippen molar-refractivity contribution < 1.29 is 32.5 Å². The van der Waals surface area contributed by atoms with Crippen LogP contribution in [0.25, 0.3) is 0 Å². The Morgan fingerprint density at radius 1 is 1.42 bits per heavy atom. The number of carbonyl (C=O) groups excluding carboxylic acids is 1. The van der Waals surface area contributed by atoms with Crippen molar-refractivity contribution in [3.63, 3.8) is 0 Å². The van der Waals surface area contributed by atoms with Crippen molar-refractivity contribution in [3.8, 4) is 0 Å². The summed E-state index contributed by atoms with van der Waals surface area (Å²) in [5, 5.41) is 11.3. The smallest absolute Gasteiger partial charge is 0.375 e. The van der Waals surface area contributed by atoms with Gasteiger partial charge in [0.1, 0.15) is 0 Å². The van der Waals surface area contributed by atoms with Gasteiger partial charge in [-0.3, -0.25) is 4.79 Å². The molecule has 1 rings (SSSR count). The maximum Gasteiger partial charge on any atom is 0.422 e. The van der Waals surface area contributed by atoms with E-state index < -0.39 is 30.3 Å². The Bertz CT molecular complexity index is 414. The lowest BCUT2D eigenvalue weighted by Gasteiger charge is -2.29. The number of Topliss-reactive ketones (excluding diaryl/α,β-unsaturated/α-hetero) is 1. The SMILES string of the molecule is COC(OC)C(=O)C[C@@](O)(c1cccs1)C(F)(F)F. The molecule has 0 aliphatic rings. The summed E-state index contributed by atoms with van der Waals surface area (Å²) in [6.07, 6.45) is -7.57. The second kappa shape index (κ2) is 6.00. The van der Waals surface area contributed by atoms with Crippen LogP contribution in [0.1, 0.15) is 11.3 Å². The van der Waals surface area contributed by atoms with Gasteiger partial charge in [-0.1, -0.05) is 6.07 Å². The number of methoxy groups -OCH3 is 2. The van der Waals surface area contributed by atoms with E-state index in [9.17, 15) is 23.1 Å². The first kappa shape index (κ1) is 16.1. The van der Waals surface area contributed by atoms with E-state index in [0.717, 1.165) is 31.6 Å². The van der Waals surface area contributed by atoms with Gasteiger partial charge >= 0.3 is 6.18 Å². The van der Waals surface area contributed by atoms with Crippen molar-refractivity contribution in [3.05, 3.63) is 22.4 Å². The van der Waals surface area contributed by atoms with Crippen molar-refractivity contribution >= 4 is 17.1 Å². The monoisotopic (exact) mass is 298 g/mol. The van der Waals surface area contributed by atoms with Gasteiger partial charge in [0.25, 0.3) is 0 Å². The molecule has 0 radical (unpaired) electrons. The van der Waals surface area contributed by atoms with Crippen LogP contribution >= 0.6 is 11.3 Å². The number of hydrogen-bond donors (Lipinski definition) is 1. The van der Waals surface area contributed by atoms with Crippen LogP contribution in [-0.4, -0.2) is 37.6 Å². The Hall–Kier alpha value is -0.960. The Kier molecular flexibility index (Phi) is 5.08. The first-order valence-electron chi connectivity index (χ1n) is 5.17. The van der Waals surface area contributed by atoms with Gasteiger partial charge in [-0.2, -0.15) is 13.2 Å². The molecule has 1 heterocycles. The molecule has 0 unspecified atom stereocenters. The minimum atomic E-state index is -4.97. The molecule has 8 heteroatoms. The summed E-state index contributed by atoms with van der Waals surface area (Å²) < 4.78 is 48.2. The average molecular weight is 298 g/mol. The third kappa shape index (κ3) is 3.33. The van der Waals surface area contributed by atoms with Crippen molar-refractivity contribution in [1.82, 2.24) is 0 Å². The van der Waals surface area contributed by atoms with E-state index >= 15 is 0 Å². The van der Waals surface area contributed by atoms with E-state index in [4.69, 9.17) is 0 Å². The van der Waals surface area contributed by atoms with Gasteiger partial charge in [0.15, 0.2) is 5.78 Å². The summed E-state index contributed by atoms with van der Waals surface area (Å²) in [4.78, 5) is 11.3. The summed E-state index contributed by atoms with van der Waals surface area (Å²) in [5.41, 5.74) is -3.23. The molecule has 0 saturated heterocycles. The number of thiophene rings is 1. The predicted molar refractivity (Wildman–Crippen MR) is 61.7 cm³/mol. The topological polar surface area (TPSA) is 55.8 Å². The average Bonchev–Trinajstić information content (AvgIpc) is 2.82. The normalized spacial score (nSPS) is 15.5. The molecule has 1 aromatic rings. The van der Waals surface area contributed by atoms with Crippen molar-refractivity contribution in [2.45, 2.75) is 24.5 Å². The molecule has 1 aromatic heterocycles. The third-order valence-corrected chi connectivity index (χ3v) is 3.54. The molecule has 0 saturated carbocycles. The molecular weight excluding hydrogens is 285 g/mol. The Morgan fingerprint density at radius 3 is 2.37 bits per heavy atom. The zero-order valence-electron chi connectivity index (χ0n) is 10.2. The summed E-state index contributed by atoms with van der Waals surface area (Å²) in [6.45, 7) is 0. The summed E-state index contributed by atoms with van der Waals surface area (Å²) >= 11 is 0.722. The first-order chi connectivity index (χ1) is 8.76. The maximum absolute atomic E-state index is 13.0. The van der Waals surface area contributed by atoms with Gasteiger partial charge in [-0.05, 0) is 11.4 Å². The molecule has 0 fully saturated rings. The van der Waals surface area contributed by atoms with E-state index in [1.54, 1.807) is 0 Å². The van der Waals surface area contributed by atoms with Crippen LogP contribution in [0.15, 0.2) is 17.5 Å². The minimum Gasteiger partial charge on any atom is -0.375 e. The van der Waals surface area contributed by atoms with Crippen molar-refractivity contribution in [1.29, 1.82) is 0 Å². The van der Waals surface area contributed by atoms with Crippen molar-refractivity contribution in [2.24, 2.45) is 0 Å². The lowest BCUT2D eigenvalue weighted by molar-refractivity contribution is -0.267. The number of ether oxygens (including phenoxy) is 2. The zero-order valence-corrected chi connectivity index (χ0v) is 11.0. The molecule has 0 aliphatic carbocycles. The van der Waals surface area contributed by atoms with Gasteiger partial charge in [-0.25, -0.2) is 0 Å². The van der Waals surface area contributed by atoms with Crippen LogP contribution in [0.4, 0.5) is 13.2 Å². The molecule has 108 valence electrons. The Labute approximate surface area is 111 Å². The van der Waals surface area contributed by atoms with E-state index in [0.29, 0.717) is 0 Å². The van der Waals surface area contributed by atoms with Crippen LogP contribution in [0, 0.1) is 0 Å². The number of halogens is 3. The van der Waals surface area contributed by atoms with Crippen molar-refractivity contribution in [2.75, 3.05) is 14.2 Å². The molecule has 0 aromatic carbocycles. The van der Waals surface area contributed by atoms with Crippen LogP contribution in [0.2, 0.25) is 0 Å². The van der Waals surface area contributed by atoms with Crippen LogP contribution in [-0.2, 0) is 19.9 Å². The first-order valence-corrected chi connectivity index (χ1v) is 6.05. The van der Waals surface area contributed by atoms with Crippen LogP contribution in [0.3, 0.4) is 0 Å². The fraction of sp³-hybridized carbons (Fsp3) is 0.545. The maximum atomic E-state index is 13.0. The molecule has 0 aliphatic heterocycles. The summed E-state index contributed by atoms with van der Waals surface area (Å²) in [6, 6.07) is 2.49. The molecule has 1 N–H and O–H groups in total. The minimum absolute atomic E-state index is 0.348. The molecular formula is C11H13F3O4S. The highest BCUT2D eigenvalue weighted by Crippen LogP contribution is 2.43. The largest absolute Gasteiger partial charge is 0.422 e. The lowest BCUT2D eigenvalue weighted by Crippen LogP contribution is -2.45. The Morgan fingerprint density at radius 2 is 2.00 bits per heavy atom. The van der Waals surface area contributed by atoms with Gasteiger partial charge in [-0.15, -0.1) is 11.3 Å². The fourth-order valence-corrected chi connectivity index (χ4v) is 2.38. The summed E-state index contributed by atoms with van der Waals surface area (Å²) in [7, 11) is 2.26. The number of ketones is 1. The number of rotatable bonds is 6. The Balaban J connectivity index is 3.04. The van der Waals surface area contributed by atoms with Gasteiger partial charge < -0.3 is 14.6 Å². The van der Waals surface area contributed by atoms with Crippen LogP contribution in [0.5, 0.6) is 0 Å². The highest BCUT2D eigenvalue weighted by atomic mass is 32.1. The predicted octanol–water partition coefficient (Wildman–Crippen LogP) is 2.08. The van der Waals surface area contributed by atoms with E-state index in [1.165, 1.54) is 11.4 Å². The van der Waals surface area contributed by atoms with E-state index in [2.05, 4.69) is 9.47 Å². The van der Waals surface area contributed by atoms with E-state index in [1.807, 2.05) is 0 Å². The van der Waals surface area contributed by atoms with Gasteiger partial charge in [0.2, 0.25) is 11.9 Å². The quantitative estimate of drug-likeness (QED) is 0.817. The fourth-order valence-electron chi connectivity index (χ4n) is 1.54. The van der Waals surface area contributed by atoms with Gasteiger partial charge in [0, 0.05) is 19.1 Å². The number of alkyl halides is 3. The molecule has 0 amide bonds. The molecule has 4 nitrogen and oxygen atoms in total. The van der Waals surface area contributed by atoms with Gasteiger partial charge in [0.05, 0.1) is 6.42 Å². The highest BCUT2D eigenvalue weighted by molar-refractivity contribution is 7.10. The molecule has 1 atom stereocenters. The number of carbonyl (C=O) groups is 1. The number of hydrogen-bond acceptors (Lipinski definition) is 5. The summed E-state index contributed by atoms with van der Waals surface area (Å²) in [5.74, 6) is -0.988.